The zero-order chi connectivity index (χ0) is 52.2. The Morgan fingerprint density at radius 1 is 0.917 bits per heavy atom. The number of nitrogens with two attached hydrogens (primary N) is 1. The number of aryl methyl sites for hydroxylation is 2. The molecule has 1 aliphatic carbocycles. The molecule has 4 fully saturated rings. The summed E-state index contributed by atoms with van der Waals surface area (Å²) in [5.41, 5.74) is 8.35. The van der Waals surface area contributed by atoms with Gasteiger partial charge < -0.3 is 36.2 Å². The first kappa shape index (κ1) is 53.6. The number of halogens is 1. The number of amides is 8. The first-order valence-electron chi connectivity index (χ1n) is 25.4. The monoisotopic (exact) mass is 1020 g/mol. The lowest BCUT2D eigenvalue weighted by molar-refractivity contribution is -0.147. The van der Waals surface area contributed by atoms with Gasteiger partial charge in [0, 0.05) is 50.0 Å². The number of ether oxygens (including phenoxy) is 1. The van der Waals surface area contributed by atoms with Gasteiger partial charge in [0.2, 0.25) is 41.4 Å². The van der Waals surface area contributed by atoms with Crippen LogP contribution in [-0.4, -0.2) is 109 Å². The molecule has 4 aliphatic rings. The number of imide groups is 1. The molecule has 72 heavy (non-hydrogen) atoms. The van der Waals surface area contributed by atoms with Crippen molar-refractivity contribution in [2.45, 2.75) is 166 Å². The van der Waals surface area contributed by atoms with E-state index in [0.717, 1.165) is 36.8 Å². The number of aromatic nitrogens is 2. The van der Waals surface area contributed by atoms with E-state index < -0.39 is 71.4 Å². The lowest BCUT2D eigenvalue weighted by atomic mass is 9.79. The highest BCUT2D eigenvalue weighted by molar-refractivity contribution is 6.31. The van der Waals surface area contributed by atoms with Crippen molar-refractivity contribution in [2.75, 3.05) is 13.1 Å². The minimum Gasteiger partial charge on any atom is -0.444 e. The minimum absolute atomic E-state index is 0.0692. The average molecular weight is 1020 g/mol. The van der Waals surface area contributed by atoms with Gasteiger partial charge in [-0.25, -0.2) is 9.59 Å². The van der Waals surface area contributed by atoms with Gasteiger partial charge in [-0.05, 0) is 138 Å². The molecule has 7 rings (SSSR count). The normalized spacial score (nSPS) is 23.2. The van der Waals surface area contributed by atoms with Crippen LogP contribution in [-0.2, 0) is 58.3 Å². The molecule has 2 aromatic carbocycles. The number of benzene rings is 2. The minimum atomic E-state index is -1.24. The van der Waals surface area contributed by atoms with Crippen molar-refractivity contribution in [1.29, 1.82) is 0 Å². The molecule has 4 heterocycles. The highest BCUT2D eigenvalue weighted by Gasteiger charge is 2.47. The van der Waals surface area contributed by atoms with Gasteiger partial charge in [-0.3, -0.25) is 48.0 Å². The maximum atomic E-state index is 14.7. The third kappa shape index (κ3) is 12.7. The Balaban J connectivity index is 0.986. The number of fused-ring (bicyclic) bond motifs is 2. The maximum Gasteiger partial charge on any atom is 0.408 e. The Morgan fingerprint density at radius 3 is 2.32 bits per heavy atom. The zero-order valence-electron chi connectivity index (χ0n) is 42.2. The van der Waals surface area contributed by atoms with Gasteiger partial charge in [-0.2, -0.15) is 0 Å². The fraction of sp³-hybridized carbons (Fsp3) is 0.596. The Labute approximate surface area is 424 Å². The van der Waals surface area contributed by atoms with E-state index in [0.29, 0.717) is 53.2 Å². The number of hydrogen-bond donors (Lipinski definition) is 5. The second kappa shape index (κ2) is 22.7. The number of piperidine rings is 1. The largest absolute Gasteiger partial charge is 0.444 e. The summed E-state index contributed by atoms with van der Waals surface area (Å²) in [5.74, 6) is -2.94. The van der Waals surface area contributed by atoms with E-state index in [9.17, 15) is 43.2 Å². The quantitative estimate of drug-likeness (QED) is 0.134. The van der Waals surface area contributed by atoms with Crippen LogP contribution >= 0.6 is 11.6 Å². The third-order valence-corrected chi connectivity index (χ3v) is 15.1. The molecule has 5 atom stereocenters. The first-order valence-corrected chi connectivity index (χ1v) is 25.7. The molecule has 0 spiro atoms. The van der Waals surface area contributed by atoms with Gasteiger partial charge in [-0.15, -0.1) is 0 Å². The molecule has 0 bridgehead atoms. The van der Waals surface area contributed by atoms with Crippen LogP contribution in [0.25, 0.3) is 11.0 Å². The lowest BCUT2D eigenvalue weighted by Crippen LogP contribution is -2.62. The Kier molecular flexibility index (Phi) is 16.9. The van der Waals surface area contributed by atoms with Gasteiger partial charge in [0.15, 0.2) is 0 Å². The highest BCUT2D eigenvalue weighted by Crippen LogP contribution is 2.35. The van der Waals surface area contributed by atoms with Crippen LogP contribution in [0.5, 0.6) is 0 Å². The summed E-state index contributed by atoms with van der Waals surface area (Å²) in [7, 11) is 1.68. The summed E-state index contributed by atoms with van der Waals surface area (Å²) < 4.78 is 8.56. The van der Waals surface area contributed by atoms with Gasteiger partial charge in [-0.1, -0.05) is 43.6 Å². The molecule has 0 radical (unpaired) electrons. The van der Waals surface area contributed by atoms with E-state index in [2.05, 4.69) is 21.3 Å². The number of hydrogen-bond acceptors (Lipinski definition) is 10. The average Bonchev–Trinajstić information content (AvgIpc) is 3.85. The Hall–Kier alpha value is -6.24. The standard InChI is InChI=1S/C52H70ClN9O10/c1-29(2)33-14-15-34(36(53)26-33)27-55-45(65)37(17-21-43(54)63)56-46(66)40-19-16-35-23-24-60(28-38(49(69)61(35)40)57-50(70)72-52(3,4)5)48(68)32-12-9-30(10-13-32)7-8-31-11-18-39-42(25-31)59(6)51(71)62(39)41-20-22-44(64)58-47(41)67/h11,14-15,18,25-26,29-30,32,35,37-38,40-41H,7-10,12-13,16-17,19-24,27-28H2,1-6H3,(H2,54,63)(H,55,65)(H,56,66)(H,57,70)(H,58,64,67)/t30?,32?,35-,37+,38+,40+,41?/m1/s1. The molecule has 20 heteroatoms. The van der Waals surface area contributed by atoms with Crippen LogP contribution in [0.3, 0.4) is 0 Å². The molecule has 19 nitrogen and oxygen atoms in total. The molecular formula is C52H70ClN9O10. The van der Waals surface area contributed by atoms with Crippen molar-refractivity contribution in [2.24, 2.45) is 24.6 Å². The van der Waals surface area contributed by atoms with Gasteiger partial charge in [0.05, 0.1) is 17.6 Å². The van der Waals surface area contributed by atoms with Crippen LogP contribution in [0.1, 0.15) is 140 Å². The number of primary amides is 1. The molecule has 3 aromatic rings. The molecule has 1 aromatic heterocycles. The van der Waals surface area contributed by atoms with E-state index in [-0.39, 0.29) is 81.1 Å². The second-order valence-electron chi connectivity index (χ2n) is 21.3. The summed E-state index contributed by atoms with van der Waals surface area (Å²) in [5, 5.41) is 11.1. The van der Waals surface area contributed by atoms with E-state index >= 15 is 0 Å². The number of carbonyl (C=O) groups is 8. The van der Waals surface area contributed by atoms with E-state index in [1.807, 2.05) is 50.2 Å². The Bertz CT molecular complexity index is 2650. The van der Waals surface area contributed by atoms with Gasteiger partial charge in [0.25, 0.3) is 0 Å². The molecule has 6 N–H and O–H groups in total. The number of nitrogens with zero attached hydrogens (tertiary/aromatic N) is 4. The topological polar surface area (TPSA) is 253 Å². The lowest BCUT2D eigenvalue weighted by Gasteiger charge is -2.40. The number of rotatable bonds is 15. The fourth-order valence-corrected chi connectivity index (χ4v) is 11.0. The molecule has 1 unspecified atom stereocenters. The number of nitrogens with one attached hydrogen (secondary N) is 4. The number of carbonyl (C=O) groups excluding carboxylic acids is 8. The summed E-state index contributed by atoms with van der Waals surface area (Å²) in [6.07, 6.45) is 4.99. The van der Waals surface area contributed by atoms with Crippen LogP contribution in [0.15, 0.2) is 41.2 Å². The molecular weight excluding hydrogens is 946 g/mol. The van der Waals surface area contributed by atoms with Crippen molar-refractivity contribution in [1.82, 2.24) is 40.2 Å². The van der Waals surface area contributed by atoms with Gasteiger partial charge in [0.1, 0.15) is 29.8 Å². The van der Waals surface area contributed by atoms with Crippen molar-refractivity contribution in [3.05, 3.63) is 68.6 Å². The van der Waals surface area contributed by atoms with Crippen molar-refractivity contribution < 1.29 is 43.1 Å². The zero-order valence-corrected chi connectivity index (χ0v) is 43.0. The summed E-state index contributed by atoms with van der Waals surface area (Å²) in [4.78, 5) is 123. The van der Waals surface area contributed by atoms with Gasteiger partial charge >= 0.3 is 11.8 Å². The van der Waals surface area contributed by atoms with Crippen LogP contribution in [0, 0.1) is 11.8 Å². The first-order chi connectivity index (χ1) is 34.1. The molecule has 390 valence electrons. The van der Waals surface area contributed by atoms with Crippen LogP contribution in [0.2, 0.25) is 5.02 Å². The Morgan fingerprint density at radius 2 is 1.65 bits per heavy atom. The van der Waals surface area contributed by atoms with E-state index in [4.69, 9.17) is 22.1 Å². The second-order valence-corrected chi connectivity index (χ2v) is 21.7. The summed E-state index contributed by atoms with van der Waals surface area (Å²) >= 11 is 6.53. The van der Waals surface area contributed by atoms with Crippen LogP contribution < -0.4 is 32.7 Å². The smallest absolute Gasteiger partial charge is 0.408 e. The third-order valence-electron chi connectivity index (χ3n) is 14.7. The van der Waals surface area contributed by atoms with E-state index in [1.165, 1.54) is 14.0 Å². The number of imidazole rings is 1. The molecule has 8 amide bonds. The predicted octanol–water partition coefficient (Wildman–Crippen LogP) is 4.39. The van der Waals surface area contributed by atoms with Crippen molar-refractivity contribution in [3.63, 3.8) is 0 Å². The maximum absolute atomic E-state index is 14.7. The number of alkyl carbamates (subject to hydrolysis) is 1. The van der Waals surface area contributed by atoms with Crippen molar-refractivity contribution in [3.8, 4) is 0 Å². The van der Waals surface area contributed by atoms with E-state index in [1.54, 1.807) is 32.7 Å². The fourth-order valence-electron chi connectivity index (χ4n) is 10.7. The molecule has 3 aliphatic heterocycles. The van der Waals surface area contributed by atoms with Crippen LogP contribution in [0.4, 0.5) is 4.79 Å². The predicted molar refractivity (Wildman–Crippen MR) is 268 cm³/mol. The molecule has 1 saturated carbocycles. The van der Waals surface area contributed by atoms with Crippen molar-refractivity contribution >= 4 is 70.1 Å². The molecule has 3 saturated heterocycles. The highest BCUT2D eigenvalue weighted by atomic mass is 35.5. The summed E-state index contributed by atoms with van der Waals surface area (Å²) in [6.45, 7) is 9.41. The SMILES string of the molecule is CC(C)c1ccc(CNC(=O)[C@H](CCC(N)=O)NC(=O)[C@@H]2CC[C@@H]3CCN(C(=O)C4CCC(CCc5ccc6c(c5)n(C)c(=O)n6C5CCC(=O)NC5=O)CC4)C[C@H](NC(=O)OC(C)(C)C)C(=O)N32)c(Cl)c1. The summed E-state index contributed by atoms with van der Waals surface area (Å²) in [6, 6.07) is 6.81.